The van der Waals surface area contributed by atoms with E-state index in [4.69, 9.17) is 4.52 Å². The average molecular weight is 293 g/mol. The van der Waals surface area contributed by atoms with Gasteiger partial charge in [0.2, 0.25) is 0 Å². The number of aryl methyl sites for hydroxylation is 2. The van der Waals surface area contributed by atoms with Crippen LogP contribution in [-0.4, -0.2) is 19.3 Å². The summed E-state index contributed by atoms with van der Waals surface area (Å²) in [7, 11) is -3.67. The van der Waals surface area contributed by atoms with Crippen molar-refractivity contribution in [1.29, 1.82) is 0 Å². The molecule has 0 unspecified atom stereocenters. The summed E-state index contributed by atoms with van der Waals surface area (Å²) < 4.78 is 29.0. The Labute approximate surface area is 117 Å². The Morgan fingerprint density at radius 2 is 1.90 bits per heavy atom. The summed E-state index contributed by atoms with van der Waals surface area (Å²) >= 11 is 0. The largest absolute Gasteiger partial charge is 0.355 e. The Bertz CT molecular complexity index is 730. The minimum Gasteiger partial charge on any atom is -0.355 e. The van der Waals surface area contributed by atoms with Crippen LogP contribution < -0.4 is 4.83 Å². The summed E-state index contributed by atoms with van der Waals surface area (Å²) in [6.07, 6.45) is 0. The summed E-state index contributed by atoms with van der Waals surface area (Å²) in [4.78, 5) is 2.34. The number of rotatable bonds is 4. The van der Waals surface area contributed by atoms with Crippen molar-refractivity contribution in [3.05, 3.63) is 47.3 Å². The van der Waals surface area contributed by atoms with Crippen molar-refractivity contribution in [2.75, 3.05) is 0 Å². The third-order valence-corrected chi connectivity index (χ3v) is 3.87. The van der Waals surface area contributed by atoms with E-state index in [0.29, 0.717) is 17.2 Å². The fraction of sp³-hybridized carbons (Fsp3) is 0.231. The van der Waals surface area contributed by atoms with Crippen LogP contribution >= 0.6 is 0 Å². The van der Waals surface area contributed by atoms with E-state index in [1.165, 1.54) is 12.1 Å². The quantitative estimate of drug-likeness (QED) is 0.690. The molecule has 2 aromatic rings. The molecule has 1 aromatic carbocycles. The van der Waals surface area contributed by atoms with Crippen molar-refractivity contribution < 1.29 is 12.9 Å². The first kappa shape index (κ1) is 14.3. The number of sulfonamides is 1. The molecule has 106 valence electrons. The molecule has 20 heavy (non-hydrogen) atoms. The van der Waals surface area contributed by atoms with Gasteiger partial charge in [-0.25, -0.2) is 0 Å². The second kappa shape index (κ2) is 5.46. The molecule has 0 aliphatic carbocycles. The standard InChI is InChI=1S/C13H15N3O3S/c1-9-4-6-12(7-5-9)20(17,18)16-14-11(3)13-8-10(2)15-19-13/h4-8,16H,1-3H3/b14-11-. The van der Waals surface area contributed by atoms with Crippen LogP contribution in [0, 0.1) is 13.8 Å². The van der Waals surface area contributed by atoms with Crippen molar-refractivity contribution in [3.63, 3.8) is 0 Å². The first-order chi connectivity index (χ1) is 9.38. The predicted molar refractivity (Wildman–Crippen MR) is 75.0 cm³/mol. The van der Waals surface area contributed by atoms with E-state index in [2.05, 4.69) is 15.1 Å². The lowest BCUT2D eigenvalue weighted by molar-refractivity contribution is 0.408. The molecule has 0 saturated heterocycles. The zero-order valence-electron chi connectivity index (χ0n) is 11.4. The highest BCUT2D eigenvalue weighted by Gasteiger charge is 2.13. The molecule has 6 nitrogen and oxygen atoms in total. The topological polar surface area (TPSA) is 84.6 Å². The third-order valence-electron chi connectivity index (χ3n) is 2.65. The lowest BCUT2D eigenvalue weighted by Gasteiger charge is -2.04. The molecule has 1 N–H and O–H groups in total. The minimum absolute atomic E-state index is 0.161. The van der Waals surface area contributed by atoms with E-state index < -0.39 is 10.0 Å². The van der Waals surface area contributed by atoms with Crippen molar-refractivity contribution in [3.8, 4) is 0 Å². The van der Waals surface area contributed by atoms with Gasteiger partial charge in [-0.3, -0.25) is 0 Å². The van der Waals surface area contributed by atoms with E-state index in [1.807, 2.05) is 6.92 Å². The summed E-state index contributed by atoms with van der Waals surface area (Å²) in [6, 6.07) is 8.19. The fourth-order valence-corrected chi connectivity index (χ4v) is 2.34. The lowest BCUT2D eigenvalue weighted by atomic mass is 10.2. The molecule has 1 aromatic heterocycles. The summed E-state index contributed by atoms with van der Waals surface area (Å²) in [5.74, 6) is 0.425. The minimum atomic E-state index is -3.67. The number of nitrogens with one attached hydrogen (secondary N) is 1. The van der Waals surface area contributed by atoms with Gasteiger partial charge in [0.05, 0.1) is 10.6 Å². The SMILES string of the molecule is C/C(=N/NS(=O)(=O)c1ccc(C)cc1)c1cc(C)no1. The molecule has 0 saturated carbocycles. The number of hydrazone groups is 1. The van der Waals surface area contributed by atoms with Crippen molar-refractivity contribution in [2.45, 2.75) is 25.7 Å². The van der Waals surface area contributed by atoms with E-state index >= 15 is 0 Å². The molecular weight excluding hydrogens is 278 g/mol. The Balaban J connectivity index is 2.18. The van der Waals surface area contributed by atoms with Crippen molar-refractivity contribution in [1.82, 2.24) is 9.99 Å². The predicted octanol–water partition coefficient (Wildman–Crippen LogP) is 1.99. The first-order valence-corrected chi connectivity index (χ1v) is 7.43. The van der Waals surface area contributed by atoms with Gasteiger partial charge >= 0.3 is 0 Å². The summed E-state index contributed by atoms with van der Waals surface area (Å²) in [5, 5.41) is 7.54. The molecule has 0 aliphatic rings. The maximum Gasteiger partial charge on any atom is 0.276 e. The van der Waals surface area contributed by atoms with Crippen LogP contribution in [0.15, 0.2) is 44.9 Å². The third kappa shape index (κ3) is 3.24. The van der Waals surface area contributed by atoms with Crippen LogP contribution in [0.1, 0.15) is 23.9 Å². The van der Waals surface area contributed by atoms with Gasteiger partial charge in [0.1, 0.15) is 5.71 Å². The second-order valence-corrected chi connectivity index (χ2v) is 6.10. The van der Waals surface area contributed by atoms with Crippen LogP contribution in [0.4, 0.5) is 0 Å². The monoisotopic (exact) mass is 293 g/mol. The fourth-order valence-electron chi connectivity index (χ4n) is 1.49. The molecule has 0 bridgehead atoms. The number of hydrogen-bond acceptors (Lipinski definition) is 5. The summed E-state index contributed by atoms with van der Waals surface area (Å²) in [5.41, 5.74) is 2.10. The number of nitrogens with zero attached hydrogens (tertiary/aromatic N) is 2. The van der Waals surface area contributed by atoms with Crippen LogP contribution in [0.3, 0.4) is 0 Å². The smallest absolute Gasteiger partial charge is 0.276 e. The normalized spacial score (nSPS) is 12.4. The first-order valence-electron chi connectivity index (χ1n) is 5.95. The van der Waals surface area contributed by atoms with Gasteiger partial charge in [0, 0.05) is 6.07 Å². The molecule has 0 fully saturated rings. The molecule has 0 aliphatic heterocycles. The maximum atomic E-state index is 12.0. The number of aromatic nitrogens is 1. The molecule has 0 spiro atoms. The van der Waals surface area contributed by atoms with Gasteiger partial charge in [-0.15, -0.1) is 0 Å². The van der Waals surface area contributed by atoms with Gasteiger partial charge in [0.25, 0.3) is 10.0 Å². The zero-order valence-corrected chi connectivity index (χ0v) is 12.2. The van der Waals surface area contributed by atoms with Crippen molar-refractivity contribution in [2.24, 2.45) is 5.10 Å². The van der Waals surface area contributed by atoms with E-state index in [-0.39, 0.29) is 4.90 Å². The highest BCUT2D eigenvalue weighted by Crippen LogP contribution is 2.10. The highest BCUT2D eigenvalue weighted by atomic mass is 32.2. The van der Waals surface area contributed by atoms with Crippen molar-refractivity contribution >= 4 is 15.7 Å². The van der Waals surface area contributed by atoms with Gasteiger partial charge in [0.15, 0.2) is 5.76 Å². The summed E-state index contributed by atoms with van der Waals surface area (Å²) in [6.45, 7) is 5.30. The molecule has 2 rings (SSSR count). The Morgan fingerprint density at radius 1 is 1.25 bits per heavy atom. The van der Waals surface area contributed by atoms with Crippen LogP contribution in [0.2, 0.25) is 0 Å². The molecule has 0 atom stereocenters. The Morgan fingerprint density at radius 3 is 2.45 bits per heavy atom. The molecule has 1 heterocycles. The molecular formula is C13H15N3O3S. The van der Waals surface area contributed by atoms with Gasteiger partial charge in [-0.05, 0) is 32.9 Å². The average Bonchev–Trinajstić information content (AvgIpc) is 2.83. The molecule has 7 heteroatoms. The Hall–Kier alpha value is -2.15. The Kier molecular flexibility index (Phi) is 3.89. The van der Waals surface area contributed by atoms with Gasteiger partial charge in [-0.1, -0.05) is 22.9 Å². The highest BCUT2D eigenvalue weighted by molar-refractivity contribution is 7.89. The molecule has 0 radical (unpaired) electrons. The maximum absolute atomic E-state index is 12.0. The van der Waals surface area contributed by atoms with Gasteiger partial charge in [-0.2, -0.15) is 18.4 Å². The van der Waals surface area contributed by atoms with E-state index in [1.54, 1.807) is 32.0 Å². The van der Waals surface area contributed by atoms with Crippen LogP contribution in [-0.2, 0) is 10.0 Å². The van der Waals surface area contributed by atoms with E-state index in [9.17, 15) is 8.42 Å². The lowest BCUT2D eigenvalue weighted by Crippen LogP contribution is -2.19. The van der Waals surface area contributed by atoms with Gasteiger partial charge < -0.3 is 4.52 Å². The number of hydrogen-bond donors (Lipinski definition) is 1. The van der Waals surface area contributed by atoms with E-state index in [0.717, 1.165) is 5.56 Å². The second-order valence-electron chi connectivity index (χ2n) is 4.44. The zero-order chi connectivity index (χ0) is 14.8. The van der Waals surface area contributed by atoms with Crippen LogP contribution in [0.5, 0.6) is 0 Å². The molecule has 0 amide bonds. The number of benzene rings is 1. The van der Waals surface area contributed by atoms with Crippen LogP contribution in [0.25, 0.3) is 0 Å².